The summed E-state index contributed by atoms with van der Waals surface area (Å²) in [6, 6.07) is 81.1. The molecule has 0 fully saturated rings. The molecule has 0 saturated heterocycles. The summed E-state index contributed by atoms with van der Waals surface area (Å²) in [6.45, 7) is 0. The average molecular weight is 886 g/mol. The largest absolute Gasteiger partial charge is 0.310 e. The Hall–Kier alpha value is -9.60. The highest BCUT2D eigenvalue weighted by molar-refractivity contribution is 6.19. The van der Waals surface area contributed by atoms with Gasteiger partial charge in [0.05, 0.1) is 22.1 Å². The van der Waals surface area contributed by atoms with Crippen LogP contribution in [-0.4, -0.2) is 39.0 Å². The third-order valence-corrected chi connectivity index (χ3v) is 12.6. The first kappa shape index (κ1) is 39.7. The highest BCUT2D eigenvalue weighted by Gasteiger charge is 2.24. The first-order valence-electron chi connectivity index (χ1n) is 22.9. The summed E-state index contributed by atoms with van der Waals surface area (Å²) in [5.74, 6) is 3.39. The van der Waals surface area contributed by atoms with Gasteiger partial charge in [0.25, 0.3) is 0 Å². The van der Waals surface area contributed by atoms with Gasteiger partial charge in [0.1, 0.15) is 0 Å². The minimum atomic E-state index is 0.513. The van der Waals surface area contributed by atoms with E-state index in [0.29, 0.717) is 35.2 Å². The van der Waals surface area contributed by atoms with Crippen molar-refractivity contribution in [2.75, 3.05) is 4.90 Å². The van der Waals surface area contributed by atoms with E-state index in [0.717, 1.165) is 82.9 Å². The smallest absolute Gasteiger partial charge is 0.238 e. The molecule has 324 valence electrons. The molecule has 13 rings (SSSR count). The molecule has 69 heavy (non-hydrogen) atoms. The lowest BCUT2D eigenvalue weighted by Gasteiger charge is -2.25. The summed E-state index contributed by atoms with van der Waals surface area (Å²) in [6.07, 6.45) is 0. The molecule has 0 aliphatic heterocycles. The zero-order chi connectivity index (χ0) is 45.7. The van der Waals surface area contributed by atoms with Gasteiger partial charge in [-0.3, -0.25) is 9.13 Å². The molecular formula is C60H39N9. The number of aromatic nitrogens is 8. The van der Waals surface area contributed by atoms with Crippen LogP contribution in [0.5, 0.6) is 0 Å². The van der Waals surface area contributed by atoms with Crippen molar-refractivity contribution in [1.82, 2.24) is 39.0 Å². The molecule has 0 amide bonds. The van der Waals surface area contributed by atoms with Gasteiger partial charge in [-0.15, -0.1) is 0 Å². The van der Waals surface area contributed by atoms with Gasteiger partial charge in [-0.1, -0.05) is 176 Å². The van der Waals surface area contributed by atoms with E-state index < -0.39 is 0 Å². The summed E-state index contributed by atoms with van der Waals surface area (Å²) in [7, 11) is 0. The number of anilines is 3. The quantitative estimate of drug-likeness (QED) is 0.143. The number of hydrogen-bond donors (Lipinski definition) is 0. The Kier molecular flexibility index (Phi) is 9.61. The van der Waals surface area contributed by atoms with Crippen LogP contribution in [0.15, 0.2) is 237 Å². The van der Waals surface area contributed by atoms with Gasteiger partial charge >= 0.3 is 0 Å². The molecule has 0 aliphatic rings. The van der Waals surface area contributed by atoms with Gasteiger partial charge in [-0.2, -0.15) is 19.9 Å². The predicted octanol–water partition coefficient (Wildman–Crippen LogP) is 14.4. The molecule has 9 aromatic carbocycles. The number of para-hydroxylation sites is 3. The van der Waals surface area contributed by atoms with Crippen LogP contribution in [0.25, 0.3) is 101 Å². The van der Waals surface area contributed by atoms with Crippen molar-refractivity contribution in [2.24, 2.45) is 0 Å². The first-order chi connectivity index (χ1) is 34.2. The van der Waals surface area contributed by atoms with E-state index in [9.17, 15) is 0 Å². The van der Waals surface area contributed by atoms with E-state index in [-0.39, 0.29) is 0 Å². The van der Waals surface area contributed by atoms with E-state index in [1.165, 1.54) is 0 Å². The van der Waals surface area contributed by atoms with Gasteiger partial charge in [0.2, 0.25) is 11.9 Å². The molecule has 9 nitrogen and oxygen atoms in total. The highest BCUT2D eigenvalue weighted by Crippen LogP contribution is 2.43. The lowest BCUT2D eigenvalue weighted by atomic mass is 10.1. The standard InChI is InChI=1S/C60H39N9/c1-7-21-40(22-8-1)55-61-56(41-23-9-2-10-24-41)64-59(63-55)68-51-34-20-19-33-47(51)49-38-54-50(39-53(49)68)48-37-46(67(44-29-15-5-16-30-44)45-31-17-6-18-32-45)35-36-52(48)69(54)60-65-57(42-25-11-3-12-26-42)62-58(66-60)43-27-13-4-14-28-43/h1-39H. The summed E-state index contributed by atoms with van der Waals surface area (Å²) >= 11 is 0. The Bertz CT molecular complexity index is 3840. The van der Waals surface area contributed by atoms with Crippen LogP contribution >= 0.6 is 0 Å². The van der Waals surface area contributed by atoms with Crippen molar-refractivity contribution < 1.29 is 0 Å². The molecule has 13 aromatic rings. The Balaban J connectivity index is 1.13. The maximum atomic E-state index is 5.29. The van der Waals surface area contributed by atoms with Crippen molar-refractivity contribution >= 4 is 60.7 Å². The van der Waals surface area contributed by atoms with Crippen molar-refractivity contribution in [2.45, 2.75) is 0 Å². The Morgan fingerprint density at radius 3 is 1.00 bits per heavy atom. The molecular weight excluding hydrogens is 847 g/mol. The summed E-state index contributed by atoms with van der Waals surface area (Å²) in [4.78, 5) is 33.5. The Morgan fingerprint density at radius 1 is 0.246 bits per heavy atom. The van der Waals surface area contributed by atoms with Crippen LogP contribution in [0.1, 0.15) is 0 Å². The highest BCUT2D eigenvalue weighted by atomic mass is 15.2. The second kappa shape index (κ2) is 16.7. The van der Waals surface area contributed by atoms with Gasteiger partial charge in [-0.05, 0) is 60.7 Å². The van der Waals surface area contributed by atoms with Gasteiger partial charge < -0.3 is 4.90 Å². The minimum Gasteiger partial charge on any atom is -0.310 e. The second-order valence-corrected chi connectivity index (χ2v) is 16.8. The molecule has 0 saturated carbocycles. The van der Waals surface area contributed by atoms with Crippen molar-refractivity contribution in [3.05, 3.63) is 237 Å². The topological polar surface area (TPSA) is 90.4 Å². The molecule has 0 radical (unpaired) electrons. The van der Waals surface area contributed by atoms with Crippen molar-refractivity contribution in [3.8, 4) is 57.4 Å². The predicted molar refractivity (Wildman–Crippen MR) is 278 cm³/mol. The van der Waals surface area contributed by atoms with Crippen molar-refractivity contribution in [3.63, 3.8) is 0 Å². The zero-order valence-corrected chi connectivity index (χ0v) is 37.0. The Labute approximate surface area is 397 Å². The number of nitrogens with zero attached hydrogens (tertiary/aromatic N) is 9. The third-order valence-electron chi connectivity index (χ3n) is 12.6. The monoisotopic (exact) mass is 885 g/mol. The van der Waals surface area contributed by atoms with E-state index >= 15 is 0 Å². The van der Waals surface area contributed by atoms with Crippen LogP contribution in [0.3, 0.4) is 0 Å². The van der Waals surface area contributed by atoms with Crippen LogP contribution in [0, 0.1) is 0 Å². The number of hydrogen-bond acceptors (Lipinski definition) is 7. The molecule has 0 atom stereocenters. The van der Waals surface area contributed by atoms with Crippen LogP contribution in [-0.2, 0) is 0 Å². The molecule has 0 N–H and O–H groups in total. The van der Waals surface area contributed by atoms with Crippen LogP contribution in [0.4, 0.5) is 17.1 Å². The van der Waals surface area contributed by atoms with Crippen LogP contribution < -0.4 is 4.90 Å². The van der Waals surface area contributed by atoms with Gasteiger partial charge in [-0.25, -0.2) is 9.97 Å². The fourth-order valence-corrected chi connectivity index (χ4v) is 9.44. The maximum Gasteiger partial charge on any atom is 0.238 e. The molecule has 0 bridgehead atoms. The SMILES string of the molecule is c1ccc(-c2nc(-c3ccccc3)nc(-n3c4ccccc4c4cc5c(cc43)c3cc(N(c4ccccc4)c4ccccc4)ccc3n5-c3nc(-c4ccccc4)nc(-c4ccccc4)n3)n2)cc1. The van der Waals surface area contributed by atoms with Crippen molar-refractivity contribution in [1.29, 1.82) is 0 Å². The lowest BCUT2D eigenvalue weighted by molar-refractivity contribution is 0.951. The molecule has 4 aromatic heterocycles. The molecule has 9 heteroatoms. The van der Waals surface area contributed by atoms with E-state index in [4.69, 9.17) is 29.9 Å². The lowest BCUT2D eigenvalue weighted by Crippen LogP contribution is -2.09. The third kappa shape index (κ3) is 7.04. The zero-order valence-electron chi connectivity index (χ0n) is 37.0. The number of fused-ring (bicyclic) bond motifs is 6. The minimum absolute atomic E-state index is 0.513. The van der Waals surface area contributed by atoms with Gasteiger partial charge in [0.15, 0.2) is 23.3 Å². The van der Waals surface area contributed by atoms with E-state index in [1.54, 1.807) is 0 Å². The maximum absolute atomic E-state index is 5.29. The normalized spacial score (nSPS) is 11.5. The second-order valence-electron chi connectivity index (χ2n) is 16.8. The summed E-state index contributed by atoms with van der Waals surface area (Å²) in [5, 5.41) is 4.11. The van der Waals surface area contributed by atoms with E-state index in [1.807, 2.05) is 133 Å². The molecule has 4 heterocycles. The Morgan fingerprint density at radius 2 is 0.580 bits per heavy atom. The molecule has 0 unspecified atom stereocenters. The fraction of sp³-hybridized carbons (Fsp3) is 0. The summed E-state index contributed by atoms with van der Waals surface area (Å²) < 4.78 is 4.38. The van der Waals surface area contributed by atoms with Crippen LogP contribution in [0.2, 0.25) is 0 Å². The number of rotatable bonds is 9. The van der Waals surface area contributed by atoms with E-state index in [2.05, 4.69) is 117 Å². The molecule has 0 spiro atoms. The first-order valence-corrected chi connectivity index (χ1v) is 22.9. The average Bonchev–Trinajstić information content (AvgIpc) is 3.93. The number of benzene rings is 9. The molecule has 0 aliphatic carbocycles. The summed E-state index contributed by atoms with van der Waals surface area (Å²) in [5.41, 5.74) is 10.5. The fourth-order valence-electron chi connectivity index (χ4n) is 9.44. The van der Waals surface area contributed by atoms with Gasteiger partial charge in [0, 0.05) is 60.9 Å².